The molecule has 6 nitrogen and oxygen atoms in total. The third-order valence-electron chi connectivity index (χ3n) is 2.48. The Morgan fingerprint density at radius 3 is 2.00 bits per heavy atom. The lowest BCUT2D eigenvalue weighted by atomic mass is 10.4. The Kier molecular flexibility index (Phi) is 4.41. The summed E-state index contributed by atoms with van der Waals surface area (Å²) in [5.41, 5.74) is 0. The van der Waals surface area contributed by atoms with Crippen molar-refractivity contribution in [3.8, 4) is 0 Å². The molecule has 1 saturated heterocycles. The van der Waals surface area contributed by atoms with E-state index < -0.39 is 34.9 Å². The van der Waals surface area contributed by atoms with Crippen LogP contribution in [-0.4, -0.2) is 37.6 Å². The molecule has 0 atom stereocenters. The van der Waals surface area contributed by atoms with Gasteiger partial charge in [-0.1, -0.05) is 39.1 Å². The standard InChI is InChI=1S/C10H7BrCl2N2O4S/c11-5-1-6(12)10(7(13)2-5)20(18,19)15-3-8(16)14-9(17)4-15/h1-2H,3-4H2,(H,14,16,17). The molecule has 2 rings (SSSR count). The van der Waals surface area contributed by atoms with Gasteiger partial charge in [0.2, 0.25) is 21.8 Å². The monoisotopic (exact) mass is 400 g/mol. The first-order valence-electron chi connectivity index (χ1n) is 5.19. The fraction of sp³-hybridized carbons (Fsp3) is 0.200. The average Bonchev–Trinajstić information content (AvgIpc) is 2.25. The van der Waals surface area contributed by atoms with Crippen molar-refractivity contribution in [3.05, 3.63) is 26.7 Å². The second kappa shape index (κ2) is 5.61. The Labute approximate surface area is 133 Å². The van der Waals surface area contributed by atoms with Gasteiger partial charge in [-0.15, -0.1) is 0 Å². The number of imide groups is 1. The van der Waals surface area contributed by atoms with Crippen LogP contribution in [0.3, 0.4) is 0 Å². The van der Waals surface area contributed by atoms with E-state index in [4.69, 9.17) is 23.2 Å². The highest BCUT2D eigenvalue weighted by molar-refractivity contribution is 9.10. The summed E-state index contributed by atoms with van der Waals surface area (Å²) in [5, 5.41) is 1.82. The molecule has 1 aromatic rings. The number of amides is 2. The molecule has 0 spiro atoms. The number of nitrogens with one attached hydrogen (secondary N) is 1. The zero-order chi connectivity index (χ0) is 15.1. The minimum Gasteiger partial charge on any atom is -0.294 e. The third kappa shape index (κ3) is 2.99. The number of carbonyl (C=O) groups is 2. The van der Waals surface area contributed by atoms with Crippen molar-refractivity contribution >= 4 is 61.0 Å². The molecule has 0 bridgehead atoms. The Balaban J connectivity index is 2.51. The summed E-state index contributed by atoms with van der Waals surface area (Å²) in [4.78, 5) is 22.2. The smallest absolute Gasteiger partial charge is 0.246 e. The number of sulfonamides is 1. The summed E-state index contributed by atoms with van der Waals surface area (Å²) in [7, 11) is -4.14. The van der Waals surface area contributed by atoms with E-state index >= 15 is 0 Å². The van der Waals surface area contributed by atoms with Crippen LogP contribution >= 0.6 is 39.1 Å². The number of hydrogen-bond donors (Lipinski definition) is 1. The van der Waals surface area contributed by atoms with Crippen molar-refractivity contribution in [1.82, 2.24) is 9.62 Å². The molecule has 1 aliphatic rings. The van der Waals surface area contributed by atoms with E-state index in [1.54, 1.807) is 0 Å². The summed E-state index contributed by atoms with van der Waals surface area (Å²) >= 11 is 14.9. The van der Waals surface area contributed by atoms with Crippen molar-refractivity contribution in [2.24, 2.45) is 0 Å². The van der Waals surface area contributed by atoms with Crippen molar-refractivity contribution in [1.29, 1.82) is 0 Å². The summed E-state index contributed by atoms with van der Waals surface area (Å²) < 4.78 is 26.1. The summed E-state index contributed by atoms with van der Waals surface area (Å²) in [6.07, 6.45) is 0. The SMILES string of the molecule is O=C1CN(S(=O)(=O)c2c(Cl)cc(Br)cc2Cl)CC(=O)N1. The van der Waals surface area contributed by atoms with Gasteiger partial charge in [-0.25, -0.2) is 8.42 Å². The summed E-state index contributed by atoms with van der Waals surface area (Å²) in [5.74, 6) is -1.40. The fourth-order valence-corrected chi connectivity index (χ4v) is 4.92. The largest absolute Gasteiger partial charge is 0.294 e. The third-order valence-corrected chi connectivity index (χ3v) is 5.65. The predicted molar refractivity (Wildman–Crippen MR) is 76.1 cm³/mol. The summed E-state index contributed by atoms with van der Waals surface area (Å²) in [6.45, 7) is -0.923. The van der Waals surface area contributed by atoms with E-state index in [1.165, 1.54) is 12.1 Å². The van der Waals surface area contributed by atoms with E-state index in [0.717, 1.165) is 4.31 Å². The van der Waals surface area contributed by atoms with Gasteiger partial charge in [-0.2, -0.15) is 4.31 Å². The second-order valence-electron chi connectivity index (χ2n) is 3.94. The highest BCUT2D eigenvalue weighted by atomic mass is 79.9. The number of rotatable bonds is 2. The molecule has 0 unspecified atom stereocenters. The molecule has 2 amide bonds. The first-order valence-corrected chi connectivity index (χ1v) is 8.18. The number of piperazine rings is 1. The lowest BCUT2D eigenvalue weighted by Crippen LogP contribution is -2.53. The van der Waals surface area contributed by atoms with Crippen LogP contribution in [-0.2, 0) is 19.6 Å². The molecule has 0 radical (unpaired) electrons. The molecule has 20 heavy (non-hydrogen) atoms. The number of benzene rings is 1. The molecular weight excluding hydrogens is 395 g/mol. The van der Waals surface area contributed by atoms with E-state index in [-0.39, 0.29) is 14.9 Å². The van der Waals surface area contributed by atoms with Crippen molar-refractivity contribution < 1.29 is 18.0 Å². The summed E-state index contributed by atoms with van der Waals surface area (Å²) in [6, 6.07) is 2.73. The van der Waals surface area contributed by atoms with Gasteiger partial charge in [0.25, 0.3) is 0 Å². The van der Waals surface area contributed by atoms with E-state index in [9.17, 15) is 18.0 Å². The van der Waals surface area contributed by atoms with Crippen LogP contribution in [0.2, 0.25) is 10.0 Å². The molecule has 0 aromatic heterocycles. The number of hydrogen-bond acceptors (Lipinski definition) is 4. The zero-order valence-electron chi connectivity index (χ0n) is 9.69. The van der Waals surface area contributed by atoms with Crippen LogP contribution in [0.5, 0.6) is 0 Å². The van der Waals surface area contributed by atoms with Crippen molar-refractivity contribution in [2.75, 3.05) is 13.1 Å². The van der Waals surface area contributed by atoms with Crippen molar-refractivity contribution in [2.45, 2.75) is 4.90 Å². The van der Waals surface area contributed by atoms with Gasteiger partial charge in [0.15, 0.2) is 0 Å². The van der Waals surface area contributed by atoms with Crippen LogP contribution in [0.25, 0.3) is 0 Å². The highest BCUT2D eigenvalue weighted by Gasteiger charge is 2.35. The first-order chi connectivity index (χ1) is 9.21. The van der Waals surface area contributed by atoms with E-state index in [0.29, 0.717) is 4.47 Å². The van der Waals surface area contributed by atoms with Crippen LogP contribution in [0.1, 0.15) is 0 Å². The molecule has 1 aliphatic heterocycles. The maximum Gasteiger partial charge on any atom is 0.246 e. The Morgan fingerprint density at radius 1 is 1.10 bits per heavy atom. The molecule has 1 fully saturated rings. The average molecular weight is 402 g/mol. The van der Waals surface area contributed by atoms with Crippen molar-refractivity contribution in [3.63, 3.8) is 0 Å². The number of halogens is 3. The van der Waals surface area contributed by atoms with Gasteiger partial charge in [0, 0.05) is 4.47 Å². The number of carbonyl (C=O) groups excluding carboxylic acids is 2. The molecule has 10 heteroatoms. The van der Waals surface area contributed by atoms with Crippen LogP contribution < -0.4 is 5.32 Å². The van der Waals surface area contributed by atoms with Crippen LogP contribution in [0, 0.1) is 0 Å². The first kappa shape index (κ1) is 15.7. The Morgan fingerprint density at radius 2 is 1.55 bits per heavy atom. The highest BCUT2D eigenvalue weighted by Crippen LogP contribution is 2.34. The van der Waals surface area contributed by atoms with Gasteiger partial charge in [0.1, 0.15) is 4.90 Å². The normalized spacial score (nSPS) is 17.1. The van der Waals surface area contributed by atoms with E-state index in [1.807, 2.05) is 5.32 Å². The Bertz CT molecular complexity index is 668. The van der Waals surface area contributed by atoms with Gasteiger partial charge >= 0.3 is 0 Å². The lowest BCUT2D eigenvalue weighted by Gasteiger charge is -2.25. The van der Waals surface area contributed by atoms with E-state index in [2.05, 4.69) is 15.9 Å². The van der Waals surface area contributed by atoms with Gasteiger partial charge in [0.05, 0.1) is 23.1 Å². The maximum absolute atomic E-state index is 12.4. The van der Waals surface area contributed by atoms with Gasteiger partial charge in [-0.3, -0.25) is 14.9 Å². The molecule has 0 aliphatic carbocycles. The quantitative estimate of drug-likeness (QED) is 0.759. The molecule has 1 aromatic carbocycles. The topological polar surface area (TPSA) is 83.6 Å². The minimum atomic E-state index is -4.14. The molecule has 0 saturated carbocycles. The van der Waals surface area contributed by atoms with Gasteiger partial charge < -0.3 is 0 Å². The zero-order valence-corrected chi connectivity index (χ0v) is 13.6. The van der Waals surface area contributed by atoms with Crippen LogP contribution in [0.15, 0.2) is 21.5 Å². The molecule has 108 valence electrons. The van der Waals surface area contributed by atoms with Gasteiger partial charge in [-0.05, 0) is 12.1 Å². The predicted octanol–water partition coefficient (Wildman–Crippen LogP) is 1.40. The lowest BCUT2D eigenvalue weighted by molar-refractivity contribution is -0.134. The minimum absolute atomic E-state index is 0.0946. The fourth-order valence-electron chi connectivity index (χ4n) is 1.69. The molecule has 1 N–H and O–H groups in total. The second-order valence-corrected chi connectivity index (χ2v) is 7.55. The van der Waals surface area contributed by atoms with Crippen LogP contribution in [0.4, 0.5) is 0 Å². The molecule has 1 heterocycles. The number of nitrogens with zero attached hydrogens (tertiary/aromatic N) is 1. The maximum atomic E-state index is 12.4. The Hall–Kier alpha value is -0.670. The molecular formula is C10H7BrCl2N2O4S.